The van der Waals surface area contributed by atoms with Gasteiger partial charge in [0.1, 0.15) is 0 Å². The van der Waals surface area contributed by atoms with E-state index in [9.17, 15) is 16.8 Å². The van der Waals surface area contributed by atoms with Crippen LogP contribution in [0.3, 0.4) is 0 Å². The third kappa shape index (κ3) is 3.09. The zero-order valence-electron chi connectivity index (χ0n) is 7.10. The molecule has 0 aromatic heterocycles. The van der Waals surface area contributed by atoms with E-state index >= 15 is 0 Å². The van der Waals surface area contributed by atoms with E-state index in [0.29, 0.717) is 0 Å². The highest BCUT2D eigenvalue weighted by molar-refractivity contribution is 7.94. The number of sulfonamides is 1. The number of nitrogens with one attached hydrogen (secondary N) is 1. The summed E-state index contributed by atoms with van der Waals surface area (Å²) in [6.07, 6.45) is 1.35. The lowest BCUT2D eigenvalue weighted by Crippen LogP contribution is -2.36. The van der Waals surface area contributed by atoms with Crippen LogP contribution in [0.4, 0.5) is 0 Å². The molecule has 1 aliphatic rings. The van der Waals surface area contributed by atoms with Crippen molar-refractivity contribution in [3.8, 4) is 0 Å². The quantitative estimate of drug-likeness (QED) is 0.684. The van der Waals surface area contributed by atoms with Gasteiger partial charge in [-0.15, -0.1) is 0 Å². The van der Waals surface area contributed by atoms with E-state index < -0.39 is 25.9 Å². The molecule has 5 nitrogen and oxygen atoms in total. The topological polar surface area (TPSA) is 80.3 Å². The minimum atomic E-state index is -3.32. The van der Waals surface area contributed by atoms with Crippen LogP contribution in [-0.4, -0.2) is 34.4 Å². The lowest BCUT2D eigenvalue weighted by Gasteiger charge is -2.08. The van der Waals surface area contributed by atoms with Gasteiger partial charge in [-0.2, -0.15) is 0 Å². The number of rotatable bonds is 3. The summed E-state index contributed by atoms with van der Waals surface area (Å²) in [5.41, 5.74) is 0. The predicted molar refractivity (Wildman–Crippen MR) is 49.3 cm³/mol. The fourth-order valence-electron chi connectivity index (χ4n) is 0.963. The van der Waals surface area contributed by atoms with Crippen LogP contribution in [0.15, 0.2) is 11.5 Å². The zero-order valence-corrected chi connectivity index (χ0v) is 8.73. The van der Waals surface area contributed by atoms with Gasteiger partial charge in [0.15, 0.2) is 9.84 Å². The first-order chi connectivity index (χ1) is 5.85. The van der Waals surface area contributed by atoms with Gasteiger partial charge in [0.2, 0.25) is 10.0 Å². The van der Waals surface area contributed by atoms with Crippen molar-refractivity contribution in [3.63, 3.8) is 0 Å². The van der Waals surface area contributed by atoms with E-state index in [1.54, 1.807) is 0 Å². The third-order valence-electron chi connectivity index (χ3n) is 1.64. The minimum absolute atomic E-state index is 0.0443. The molecule has 0 radical (unpaired) electrons. The molecule has 76 valence electrons. The maximum atomic E-state index is 11.0. The molecule has 0 bridgehead atoms. The number of hydrogen-bond acceptors (Lipinski definition) is 4. The molecule has 0 spiro atoms. The van der Waals surface area contributed by atoms with E-state index in [1.807, 2.05) is 0 Å². The number of hydrogen-bond donors (Lipinski definition) is 1. The first-order valence-electron chi connectivity index (χ1n) is 3.75. The summed E-state index contributed by atoms with van der Waals surface area (Å²) in [6.45, 7) is 1.50. The van der Waals surface area contributed by atoms with Gasteiger partial charge in [0.05, 0.1) is 17.5 Å². The second-order valence-corrected chi connectivity index (χ2v) is 6.76. The average Bonchev–Trinajstić information content (AvgIpc) is 2.29. The average molecular weight is 225 g/mol. The molecule has 1 rings (SSSR count). The normalized spacial score (nSPS) is 26.4. The highest BCUT2D eigenvalue weighted by atomic mass is 32.2. The third-order valence-corrected chi connectivity index (χ3v) is 4.46. The monoisotopic (exact) mass is 225 g/mol. The van der Waals surface area contributed by atoms with Gasteiger partial charge in [-0.05, 0) is 6.92 Å². The Hall–Kier alpha value is -0.400. The summed E-state index contributed by atoms with van der Waals surface area (Å²) in [7, 11) is -6.50. The van der Waals surface area contributed by atoms with Crippen LogP contribution in [0.1, 0.15) is 6.92 Å². The Bertz CT molecular complexity index is 406. The van der Waals surface area contributed by atoms with Gasteiger partial charge in [0.25, 0.3) is 0 Å². The summed E-state index contributed by atoms with van der Waals surface area (Å²) in [5, 5.41) is 1.04. The molecule has 1 unspecified atom stereocenters. The van der Waals surface area contributed by atoms with Crippen LogP contribution in [0, 0.1) is 0 Å². The molecule has 0 aromatic carbocycles. The molecule has 0 aliphatic carbocycles. The summed E-state index contributed by atoms with van der Waals surface area (Å²) >= 11 is 0. The molecule has 0 fully saturated rings. The first-order valence-corrected chi connectivity index (χ1v) is 7.12. The van der Waals surface area contributed by atoms with Gasteiger partial charge in [-0.3, -0.25) is 0 Å². The summed E-state index contributed by atoms with van der Waals surface area (Å²) < 4.78 is 46.1. The van der Waals surface area contributed by atoms with Gasteiger partial charge in [-0.25, -0.2) is 21.6 Å². The molecule has 0 amide bonds. The van der Waals surface area contributed by atoms with Crippen molar-refractivity contribution in [2.45, 2.75) is 13.0 Å². The van der Waals surface area contributed by atoms with E-state index in [1.165, 1.54) is 13.0 Å². The van der Waals surface area contributed by atoms with Crippen LogP contribution in [-0.2, 0) is 19.9 Å². The molecular formula is C6H11NO4S2. The van der Waals surface area contributed by atoms with Gasteiger partial charge >= 0.3 is 0 Å². The molecule has 1 atom stereocenters. The Morgan fingerprint density at radius 2 is 2.15 bits per heavy atom. The maximum Gasteiger partial charge on any atom is 0.211 e. The smallest absolute Gasteiger partial charge is 0.211 e. The highest BCUT2D eigenvalue weighted by Crippen LogP contribution is 2.08. The Morgan fingerprint density at radius 3 is 2.54 bits per heavy atom. The SMILES string of the molecule is CCS(=O)(=O)NC1C=CS(=O)(=O)C1. The van der Waals surface area contributed by atoms with E-state index in [0.717, 1.165) is 5.41 Å². The standard InChI is InChI=1S/C6H11NO4S2/c1-2-13(10,11)7-6-3-4-12(8,9)5-6/h3-4,6-7H,2,5H2,1H3. The fourth-order valence-corrected chi connectivity index (χ4v) is 3.09. The van der Waals surface area contributed by atoms with E-state index in [-0.39, 0.29) is 11.5 Å². The van der Waals surface area contributed by atoms with Gasteiger partial charge < -0.3 is 0 Å². The lowest BCUT2D eigenvalue weighted by molar-refractivity contribution is 0.576. The zero-order chi connectivity index (χ0) is 10.1. The summed E-state index contributed by atoms with van der Waals surface area (Å²) in [4.78, 5) is 0. The molecule has 1 heterocycles. The minimum Gasteiger partial charge on any atom is -0.224 e. The van der Waals surface area contributed by atoms with Crippen molar-refractivity contribution in [2.24, 2.45) is 0 Å². The maximum absolute atomic E-state index is 11.0. The molecule has 0 saturated heterocycles. The second kappa shape index (κ2) is 3.39. The van der Waals surface area contributed by atoms with E-state index in [2.05, 4.69) is 4.72 Å². The van der Waals surface area contributed by atoms with Crippen molar-refractivity contribution in [1.29, 1.82) is 0 Å². The van der Waals surface area contributed by atoms with Crippen molar-refractivity contribution >= 4 is 19.9 Å². The predicted octanol–water partition coefficient (Wildman–Crippen LogP) is -0.764. The van der Waals surface area contributed by atoms with Crippen molar-refractivity contribution in [3.05, 3.63) is 11.5 Å². The molecule has 1 aliphatic heterocycles. The molecule has 0 aromatic rings. The Balaban J connectivity index is 2.67. The molecular weight excluding hydrogens is 214 g/mol. The molecule has 13 heavy (non-hydrogen) atoms. The van der Waals surface area contributed by atoms with Gasteiger partial charge in [-0.1, -0.05) is 6.08 Å². The van der Waals surface area contributed by atoms with Crippen LogP contribution in [0.25, 0.3) is 0 Å². The Kier molecular flexibility index (Phi) is 2.79. The highest BCUT2D eigenvalue weighted by Gasteiger charge is 2.24. The Morgan fingerprint density at radius 1 is 1.54 bits per heavy atom. The van der Waals surface area contributed by atoms with Crippen molar-refractivity contribution in [2.75, 3.05) is 11.5 Å². The molecule has 1 N–H and O–H groups in total. The summed E-state index contributed by atoms with van der Waals surface area (Å²) in [5.74, 6) is -0.219. The Labute approximate surface area is 77.8 Å². The largest absolute Gasteiger partial charge is 0.224 e. The van der Waals surface area contributed by atoms with Crippen LogP contribution in [0.2, 0.25) is 0 Å². The van der Waals surface area contributed by atoms with Crippen molar-refractivity contribution in [1.82, 2.24) is 4.72 Å². The lowest BCUT2D eigenvalue weighted by atomic mass is 10.4. The summed E-state index contributed by atoms with van der Waals surface area (Å²) in [6, 6.07) is -0.602. The van der Waals surface area contributed by atoms with Gasteiger partial charge in [0, 0.05) is 5.41 Å². The second-order valence-electron chi connectivity index (χ2n) is 2.79. The fraction of sp³-hybridized carbons (Fsp3) is 0.667. The molecule has 0 saturated carbocycles. The van der Waals surface area contributed by atoms with Crippen LogP contribution in [0.5, 0.6) is 0 Å². The van der Waals surface area contributed by atoms with Crippen LogP contribution < -0.4 is 4.72 Å². The van der Waals surface area contributed by atoms with Crippen molar-refractivity contribution < 1.29 is 16.8 Å². The molecule has 7 heteroatoms. The van der Waals surface area contributed by atoms with Crippen LogP contribution >= 0.6 is 0 Å². The van der Waals surface area contributed by atoms with E-state index in [4.69, 9.17) is 0 Å². The first kappa shape index (κ1) is 10.7. The number of sulfone groups is 1.